The Kier molecular flexibility index (Phi) is 5.12. The molecule has 0 N–H and O–H groups in total. The summed E-state index contributed by atoms with van der Waals surface area (Å²) in [7, 11) is 0. The molecule has 5 heteroatoms. The van der Waals surface area contributed by atoms with Gasteiger partial charge in [-0.05, 0) is 35.5 Å². The molecule has 98 valence electrons. The van der Waals surface area contributed by atoms with Crippen LogP contribution in [0.2, 0.25) is 5.02 Å². The zero-order chi connectivity index (χ0) is 13.0. The maximum Gasteiger partial charge on any atom is 0.324 e. The van der Waals surface area contributed by atoms with E-state index < -0.39 is 0 Å². The first-order valence-corrected chi connectivity index (χ1v) is 8.00. The van der Waals surface area contributed by atoms with Crippen LogP contribution in [0.1, 0.15) is 12.8 Å². The van der Waals surface area contributed by atoms with E-state index in [9.17, 15) is 4.79 Å². The highest BCUT2D eigenvalue weighted by Crippen LogP contribution is 2.23. The summed E-state index contributed by atoms with van der Waals surface area (Å²) in [5, 5.41) is 0.670. The number of hydrogen-bond donors (Lipinski definition) is 0. The van der Waals surface area contributed by atoms with Crippen LogP contribution in [0.4, 0.5) is 10.5 Å². The van der Waals surface area contributed by atoms with E-state index in [1.165, 1.54) is 6.42 Å². The molecule has 0 spiro atoms. The van der Waals surface area contributed by atoms with Crippen molar-refractivity contribution in [2.45, 2.75) is 12.8 Å². The van der Waals surface area contributed by atoms with Crippen LogP contribution in [-0.4, -0.2) is 35.0 Å². The number of amides is 2. The summed E-state index contributed by atoms with van der Waals surface area (Å²) in [4.78, 5) is 15.9. The van der Waals surface area contributed by atoms with E-state index in [4.69, 9.17) is 11.6 Å². The van der Waals surface area contributed by atoms with Crippen LogP contribution < -0.4 is 4.90 Å². The van der Waals surface area contributed by atoms with Gasteiger partial charge in [-0.15, -0.1) is 0 Å². The fraction of sp³-hybridized carbons (Fsp3) is 0.462. The second-order valence-corrected chi connectivity index (χ2v) is 5.81. The van der Waals surface area contributed by atoms with Gasteiger partial charge in [-0.2, -0.15) is 0 Å². The minimum atomic E-state index is 0.103. The minimum absolute atomic E-state index is 0.103. The van der Waals surface area contributed by atoms with Crippen LogP contribution in [0.15, 0.2) is 24.3 Å². The highest BCUT2D eigenvalue weighted by Gasteiger charge is 2.28. The van der Waals surface area contributed by atoms with Crippen LogP contribution in [0.25, 0.3) is 0 Å². The summed E-state index contributed by atoms with van der Waals surface area (Å²) < 4.78 is 1.15. The van der Waals surface area contributed by atoms with Gasteiger partial charge in [0.25, 0.3) is 0 Å². The highest BCUT2D eigenvalue weighted by atomic mass is 127. The van der Waals surface area contributed by atoms with Crippen LogP contribution in [-0.2, 0) is 0 Å². The summed E-state index contributed by atoms with van der Waals surface area (Å²) in [5.74, 6) is 0. The monoisotopic (exact) mass is 378 g/mol. The van der Waals surface area contributed by atoms with E-state index in [1.807, 2.05) is 29.2 Å². The minimum Gasteiger partial charge on any atom is -0.323 e. The fourth-order valence-corrected chi connectivity index (χ4v) is 2.79. The second-order valence-electron chi connectivity index (χ2n) is 4.30. The van der Waals surface area contributed by atoms with E-state index >= 15 is 0 Å². The number of unbranched alkanes of at least 4 members (excludes halogenated alkanes) is 1. The number of carbonyl (C=O) groups is 1. The Morgan fingerprint density at radius 1 is 1.28 bits per heavy atom. The Balaban J connectivity index is 1.98. The number of nitrogens with zero attached hydrogens (tertiary/aromatic N) is 2. The third-order valence-corrected chi connectivity index (χ3v) is 4.02. The van der Waals surface area contributed by atoms with E-state index in [-0.39, 0.29) is 6.03 Å². The molecular formula is C13H16ClIN2O. The van der Waals surface area contributed by atoms with Gasteiger partial charge in [-0.3, -0.25) is 4.90 Å². The highest BCUT2D eigenvalue weighted by molar-refractivity contribution is 14.1. The maximum atomic E-state index is 12.2. The third-order valence-electron chi connectivity index (χ3n) is 3.03. The molecule has 0 saturated carbocycles. The molecule has 0 aromatic heterocycles. The molecule has 0 radical (unpaired) electrons. The van der Waals surface area contributed by atoms with Crippen molar-refractivity contribution < 1.29 is 4.79 Å². The van der Waals surface area contributed by atoms with Crippen LogP contribution in [0.5, 0.6) is 0 Å². The topological polar surface area (TPSA) is 23.6 Å². The largest absolute Gasteiger partial charge is 0.324 e. The van der Waals surface area contributed by atoms with Crippen molar-refractivity contribution >= 4 is 45.9 Å². The summed E-state index contributed by atoms with van der Waals surface area (Å²) >= 11 is 8.33. The average Bonchev–Trinajstić information content (AvgIpc) is 2.72. The molecule has 1 saturated heterocycles. The number of benzene rings is 1. The Morgan fingerprint density at radius 2 is 2.11 bits per heavy atom. The number of hydrogen-bond acceptors (Lipinski definition) is 1. The van der Waals surface area contributed by atoms with Gasteiger partial charge in [0.15, 0.2) is 0 Å². The molecule has 18 heavy (non-hydrogen) atoms. The summed E-state index contributed by atoms with van der Waals surface area (Å²) in [6, 6.07) is 7.57. The quantitative estimate of drug-likeness (QED) is 0.434. The number of rotatable bonds is 5. The smallest absolute Gasteiger partial charge is 0.323 e. The van der Waals surface area contributed by atoms with Crippen molar-refractivity contribution in [1.82, 2.24) is 4.90 Å². The maximum absolute atomic E-state index is 12.2. The van der Waals surface area contributed by atoms with Gasteiger partial charge in [0.05, 0.1) is 0 Å². The molecule has 3 nitrogen and oxygen atoms in total. The fourth-order valence-electron chi connectivity index (χ4n) is 2.07. The van der Waals surface area contributed by atoms with Crippen molar-refractivity contribution in [3.05, 3.63) is 29.3 Å². The molecule has 0 atom stereocenters. The average molecular weight is 379 g/mol. The molecule has 0 bridgehead atoms. The molecule has 1 aromatic rings. The predicted octanol–water partition coefficient (Wildman–Crippen LogP) is 3.80. The van der Waals surface area contributed by atoms with Gasteiger partial charge in [0.2, 0.25) is 0 Å². The first-order valence-electron chi connectivity index (χ1n) is 6.10. The molecule has 1 fully saturated rings. The number of alkyl halides is 1. The van der Waals surface area contributed by atoms with Crippen molar-refractivity contribution in [3.63, 3.8) is 0 Å². The lowest BCUT2D eigenvalue weighted by atomic mass is 10.3. The zero-order valence-corrected chi connectivity index (χ0v) is 13.0. The molecule has 0 unspecified atom stereocenters. The Morgan fingerprint density at radius 3 is 2.83 bits per heavy atom. The summed E-state index contributed by atoms with van der Waals surface area (Å²) in [6.07, 6.45) is 2.25. The number of urea groups is 1. The number of anilines is 1. The first-order chi connectivity index (χ1) is 8.72. The molecule has 1 aliphatic heterocycles. The normalized spacial score (nSPS) is 15.6. The Labute approximate surface area is 126 Å². The van der Waals surface area contributed by atoms with Gasteiger partial charge >= 0.3 is 6.03 Å². The van der Waals surface area contributed by atoms with E-state index in [0.29, 0.717) is 5.02 Å². The molecule has 0 aliphatic carbocycles. The van der Waals surface area contributed by atoms with Crippen molar-refractivity contribution in [1.29, 1.82) is 0 Å². The summed E-state index contributed by atoms with van der Waals surface area (Å²) in [5.41, 5.74) is 0.892. The van der Waals surface area contributed by atoms with Gasteiger partial charge in [-0.25, -0.2) is 4.79 Å². The lowest BCUT2D eigenvalue weighted by Crippen LogP contribution is -2.32. The van der Waals surface area contributed by atoms with Gasteiger partial charge in [0, 0.05) is 30.3 Å². The van der Waals surface area contributed by atoms with Crippen molar-refractivity contribution in [3.8, 4) is 0 Å². The van der Waals surface area contributed by atoms with Gasteiger partial charge in [-0.1, -0.05) is 40.3 Å². The SMILES string of the molecule is O=C1N(CCCCI)CCN1c1cccc(Cl)c1. The lowest BCUT2D eigenvalue weighted by Gasteiger charge is -2.18. The molecule has 2 amide bonds. The number of carbonyl (C=O) groups excluding carboxylic acids is 1. The van der Waals surface area contributed by atoms with E-state index in [0.717, 1.165) is 36.2 Å². The van der Waals surface area contributed by atoms with Gasteiger partial charge in [0.1, 0.15) is 0 Å². The standard InChI is InChI=1S/C13H16ClIN2O/c14-11-4-3-5-12(10-11)17-9-8-16(13(17)18)7-2-1-6-15/h3-5,10H,1-2,6-9H2. The third kappa shape index (κ3) is 3.29. The first kappa shape index (κ1) is 13.9. The molecule has 1 aromatic carbocycles. The van der Waals surface area contributed by atoms with Crippen LogP contribution in [0.3, 0.4) is 0 Å². The lowest BCUT2D eigenvalue weighted by molar-refractivity contribution is 0.220. The Bertz CT molecular complexity index is 427. The second kappa shape index (κ2) is 6.61. The van der Waals surface area contributed by atoms with Crippen molar-refractivity contribution in [2.75, 3.05) is 29.0 Å². The molecule has 1 heterocycles. The number of halogens is 2. The molecule has 2 rings (SSSR count). The van der Waals surface area contributed by atoms with Crippen LogP contribution in [0, 0.1) is 0 Å². The zero-order valence-electron chi connectivity index (χ0n) is 10.1. The van der Waals surface area contributed by atoms with Crippen molar-refractivity contribution in [2.24, 2.45) is 0 Å². The summed E-state index contributed by atoms with van der Waals surface area (Å²) in [6.45, 7) is 2.43. The molecular weight excluding hydrogens is 363 g/mol. The van der Waals surface area contributed by atoms with Gasteiger partial charge < -0.3 is 4.90 Å². The van der Waals surface area contributed by atoms with Crippen LogP contribution >= 0.6 is 34.2 Å². The van der Waals surface area contributed by atoms with E-state index in [2.05, 4.69) is 22.6 Å². The molecule has 1 aliphatic rings. The van der Waals surface area contributed by atoms with E-state index in [1.54, 1.807) is 4.90 Å². The Hall–Kier alpha value is -0.490. The predicted molar refractivity (Wildman–Crippen MR) is 83.9 cm³/mol.